The van der Waals surface area contributed by atoms with E-state index in [4.69, 9.17) is 19.6 Å². The lowest BCUT2D eigenvalue weighted by molar-refractivity contribution is -0.119. The smallest absolute Gasteiger partial charge is 0.225 e. The number of nitrogens with one attached hydrogen (secondary N) is 1. The fourth-order valence-corrected chi connectivity index (χ4v) is 4.18. The average Bonchev–Trinajstić information content (AvgIpc) is 3.48. The predicted molar refractivity (Wildman–Crippen MR) is 126 cm³/mol. The van der Waals surface area contributed by atoms with Crippen molar-refractivity contribution < 1.29 is 14.3 Å². The van der Waals surface area contributed by atoms with Crippen molar-refractivity contribution in [2.75, 3.05) is 19.8 Å². The van der Waals surface area contributed by atoms with E-state index in [9.17, 15) is 4.79 Å². The number of fused-ring (bicyclic) bond motifs is 1. The molecule has 2 unspecified atom stereocenters. The summed E-state index contributed by atoms with van der Waals surface area (Å²) in [6, 6.07) is 1.99. The lowest BCUT2D eigenvalue weighted by Crippen LogP contribution is -2.26. The summed E-state index contributed by atoms with van der Waals surface area (Å²) in [6.45, 7) is 9.20. The van der Waals surface area contributed by atoms with Crippen LogP contribution in [0.3, 0.4) is 0 Å². The van der Waals surface area contributed by atoms with Gasteiger partial charge in [0.2, 0.25) is 11.8 Å². The molecule has 1 fully saturated rings. The molecule has 1 aliphatic heterocycles. The van der Waals surface area contributed by atoms with E-state index in [1.165, 1.54) is 0 Å². The molecule has 178 valence electrons. The molecule has 4 rings (SSSR count). The third kappa shape index (κ3) is 5.52. The van der Waals surface area contributed by atoms with Gasteiger partial charge in [0.05, 0.1) is 22.3 Å². The molecule has 0 aromatic carbocycles. The second-order valence-corrected chi connectivity index (χ2v) is 8.85. The molecule has 1 amide bonds. The SMILES string of the molecule is CCCOCCCCn1cc(-c2cc3nn(C)cc3c(OC(C)C3CNC(=O)C3)n2)c(C)n1. The topological polar surface area (TPSA) is 96.1 Å². The third-order valence-electron chi connectivity index (χ3n) is 6.05. The fourth-order valence-electron chi connectivity index (χ4n) is 4.18. The number of pyridine rings is 1. The minimum absolute atomic E-state index is 0.0728. The van der Waals surface area contributed by atoms with Crippen LogP contribution in [0, 0.1) is 12.8 Å². The Labute approximate surface area is 194 Å². The van der Waals surface area contributed by atoms with E-state index < -0.39 is 0 Å². The number of hydrogen-bond acceptors (Lipinski definition) is 6. The molecule has 3 aromatic heterocycles. The summed E-state index contributed by atoms with van der Waals surface area (Å²) >= 11 is 0. The highest BCUT2D eigenvalue weighted by atomic mass is 16.5. The number of nitrogens with zero attached hydrogens (tertiary/aromatic N) is 5. The van der Waals surface area contributed by atoms with E-state index in [1.807, 2.05) is 44.0 Å². The van der Waals surface area contributed by atoms with Crippen molar-refractivity contribution in [3.8, 4) is 17.1 Å². The molecule has 0 saturated carbocycles. The minimum atomic E-state index is -0.145. The zero-order valence-corrected chi connectivity index (χ0v) is 20.0. The summed E-state index contributed by atoms with van der Waals surface area (Å²) < 4.78 is 15.6. The number of aromatic nitrogens is 5. The highest BCUT2D eigenvalue weighted by molar-refractivity contribution is 5.87. The monoisotopic (exact) mass is 454 g/mol. The molecule has 1 saturated heterocycles. The zero-order chi connectivity index (χ0) is 23.4. The quantitative estimate of drug-likeness (QED) is 0.447. The standard InChI is InChI=1S/C24H34N6O3/c1-5-9-32-10-7-6-8-30-15-19(16(2)27-30)21-12-22-20(14-29(4)28-22)24(26-21)33-17(3)18-11-23(31)25-13-18/h12,14-15,17-18H,5-11,13H2,1-4H3,(H,25,31). The van der Waals surface area contributed by atoms with Crippen LogP contribution in [0.2, 0.25) is 0 Å². The van der Waals surface area contributed by atoms with E-state index in [0.717, 1.165) is 66.9 Å². The van der Waals surface area contributed by atoms with Gasteiger partial charge in [-0.25, -0.2) is 4.98 Å². The van der Waals surface area contributed by atoms with Crippen molar-refractivity contribution in [3.63, 3.8) is 0 Å². The highest BCUT2D eigenvalue weighted by Crippen LogP contribution is 2.31. The molecule has 0 spiro atoms. The Bertz CT molecular complexity index is 1110. The van der Waals surface area contributed by atoms with Crippen LogP contribution >= 0.6 is 0 Å². The van der Waals surface area contributed by atoms with Crippen molar-refractivity contribution in [2.24, 2.45) is 13.0 Å². The molecule has 4 heterocycles. The fraction of sp³-hybridized carbons (Fsp3) is 0.583. The van der Waals surface area contributed by atoms with Crippen LogP contribution < -0.4 is 10.1 Å². The summed E-state index contributed by atoms with van der Waals surface area (Å²) in [6.07, 6.45) is 7.38. The molecule has 9 heteroatoms. The van der Waals surface area contributed by atoms with E-state index in [1.54, 1.807) is 4.68 Å². The summed E-state index contributed by atoms with van der Waals surface area (Å²) in [5, 5.41) is 13.0. The van der Waals surface area contributed by atoms with Gasteiger partial charge in [-0.05, 0) is 39.2 Å². The van der Waals surface area contributed by atoms with Crippen LogP contribution in [-0.2, 0) is 23.1 Å². The van der Waals surface area contributed by atoms with Crippen LogP contribution in [0.1, 0.15) is 45.2 Å². The number of carbonyl (C=O) groups excluding carboxylic acids is 1. The molecule has 1 N–H and O–H groups in total. The van der Waals surface area contributed by atoms with Gasteiger partial charge in [-0.1, -0.05) is 6.92 Å². The first-order valence-electron chi connectivity index (χ1n) is 11.8. The summed E-state index contributed by atoms with van der Waals surface area (Å²) in [5.74, 6) is 0.742. The number of amides is 1. The van der Waals surface area contributed by atoms with E-state index in [2.05, 4.69) is 17.3 Å². The van der Waals surface area contributed by atoms with Gasteiger partial charge in [0.25, 0.3) is 0 Å². The number of aryl methyl sites for hydroxylation is 3. The van der Waals surface area contributed by atoms with Gasteiger partial charge >= 0.3 is 0 Å². The summed E-state index contributed by atoms with van der Waals surface area (Å²) in [7, 11) is 1.89. The molecule has 0 bridgehead atoms. The van der Waals surface area contributed by atoms with Crippen LogP contribution in [-0.4, -0.2) is 56.3 Å². The Hall–Kier alpha value is -2.94. The second kappa shape index (κ2) is 10.3. The first-order chi connectivity index (χ1) is 15.9. The number of unbranched alkanes of at least 4 members (excludes halogenated alkanes) is 1. The Balaban J connectivity index is 1.53. The minimum Gasteiger partial charge on any atom is -0.474 e. The van der Waals surface area contributed by atoms with Gasteiger partial charge in [-0.2, -0.15) is 10.2 Å². The lowest BCUT2D eigenvalue weighted by Gasteiger charge is -2.19. The van der Waals surface area contributed by atoms with Crippen LogP contribution in [0.5, 0.6) is 5.88 Å². The first kappa shape index (κ1) is 23.2. The first-order valence-corrected chi connectivity index (χ1v) is 11.8. The lowest BCUT2D eigenvalue weighted by atomic mass is 10.0. The number of hydrogen-bond donors (Lipinski definition) is 1. The molecule has 9 nitrogen and oxygen atoms in total. The Morgan fingerprint density at radius 1 is 1.24 bits per heavy atom. The van der Waals surface area contributed by atoms with Crippen LogP contribution in [0.25, 0.3) is 22.2 Å². The maximum Gasteiger partial charge on any atom is 0.225 e. The van der Waals surface area contributed by atoms with Crippen molar-refractivity contribution >= 4 is 16.8 Å². The second-order valence-electron chi connectivity index (χ2n) is 8.85. The molecule has 2 atom stereocenters. The zero-order valence-electron chi connectivity index (χ0n) is 20.0. The van der Waals surface area contributed by atoms with E-state index in [-0.39, 0.29) is 17.9 Å². The van der Waals surface area contributed by atoms with E-state index >= 15 is 0 Å². The van der Waals surface area contributed by atoms with Gasteiger partial charge < -0.3 is 14.8 Å². The molecular formula is C24H34N6O3. The number of ether oxygens (including phenoxy) is 2. The highest BCUT2D eigenvalue weighted by Gasteiger charge is 2.29. The van der Waals surface area contributed by atoms with Crippen LogP contribution in [0.15, 0.2) is 18.5 Å². The molecule has 0 aliphatic carbocycles. The van der Waals surface area contributed by atoms with Crippen molar-refractivity contribution in [2.45, 2.75) is 59.1 Å². The summed E-state index contributed by atoms with van der Waals surface area (Å²) in [5.41, 5.74) is 3.51. The van der Waals surface area contributed by atoms with Gasteiger partial charge in [0.1, 0.15) is 6.10 Å². The normalized spacial score (nSPS) is 17.0. The maximum atomic E-state index is 11.6. The molecular weight excluding hydrogens is 420 g/mol. The van der Waals surface area contributed by atoms with Crippen molar-refractivity contribution in [1.29, 1.82) is 0 Å². The molecule has 0 radical (unpaired) electrons. The van der Waals surface area contributed by atoms with Gasteiger partial charge in [0.15, 0.2) is 0 Å². The molecule has 3 aromatic rings. The van der Waals surface area contributed by atoms with Crippen LogP contribution in [0.4, 0.5) is 0 Å². The Kier molecular flexibility index (Phi) is 7.27. The Morgan fingerprint density at radius 2 is 2.09 bits per heavy atom. The van der Waals surface area contributed by atoms with Crippen molar-refractivity contribution in [1.82, 2.24) is 29.9 Å². The maximum absolute atomic E-state index is 11.6. The number of carbonyl (C=O) groups is 1. The summed E-state index contributed by atoms with van der Waals surface area (Å²) in [4.78, 5) is 16.5. The van der Waals surface area contributed by atoms with Crippen molar-refractivity contribution in [3.05, 3.63) is 24.2 Å². The van der Waals surface area contributed by atoms with Gasteiger partial charge in [-0.15, -0.1) is 0 Å². The van der Waals surface area contributed by atoms with Gasteiger partial charge in [-0.3, -0.25) is 14.2 Å². The average molecular weight is 455 g/mol. The number of rotatable bonds is 11. The van der Waals surface area contributed by atoms with E-state index in [0.29, 0.717) is 18.8 Å². The third-order valence-corrected chi connectivity index (χ3v) is 6.05. The Morgan fingerprint density at radius 3 is 2.85 bits per heavy atom. The largest absolute Gasteiger partial charge is 0.474 e. The molecule has 33 heavy (non-hydrogen) atoms. The molecule has 1 aliphatic rings. The predicted octanol–water partition coefficient (Wildman–Crippen LogP) is 3.25. The van der Waals surface area contributed by atoms with Gasteiger partial charge in [0, 0.05) is 63.6 Å².